The maximum Gasteiger partial charge on any atom is 0.408 e. The van der Waals surface area contributed by atoms with Crippen molar-refractivity contribution in [3.63, 3.8) is 0 Å². The lowest BCUT2D eigenvalue weighted by molar-refractivity contribution is -0.123. The fourth-order valence-electron chi connectivity index (χ4n) is 3.03. The van der Waals surface area contributed by atoms with E-state index in [9.17, 15) is 18.8 Å². The molecule has 0 bridgehead atoms. The molecule has 3 rings (SSSR count). The molecule has 0 spiro atoms. The second-order valence-electron chi connectivity index (χ2n) is 7.22. The van der Waals surface area contributed by atoms with Crippen LogP contribution in [0, 0.1) is 11.7 Å². The molecule has 7 nitrogen and oxygen atoms in total. The number of carbonyl (C=O) groups is 3. The average Bonchev–Trinajstić information content (AvgIpc) is 2.76. The Bertz CT molecular complexity index is 978. The highest BCUT2D eigenvalue weighted by Gasteiger charge is 2.22. The van der Waals surface area contributed by atoms with Gasteiger partial charge in [0.25, 0.3) is 0 Å². The summed E-state index contributed by atoms with van der Waals surface area (Å²) in [5.41, 5.74) is 1.65. The number of ether oxygens (including phenoxy) is 1. The monoisotopic (exact) mass is 425 g/mol. The van der Waals surface area contributed by atoms with E-state index in [1.54, 1.807) is 19.1 Å². The fraction of sp³-hybridized carbons (Fsp3) is 0.261. The maximum atomic E-state index is 13.7. The number of halogens is 1. The highest BCUT2D eigenvalue weighted by atomic mass is 19.1. The van der Waals surface area contributed by atoms with Gasteiger partial charge in [0.2, 0.25) is 11.8 Å². The molecular weight excluding hydrogens is 401 g/mol. The third kappa shape index (κ3) is 6.40. The van der Waals surface area contributed by atoms with Gasteiger partial charge in [-0.25, -0.2) is 9.18 Å². The van der Waals surface area contributed by atoms with Gasteiger partial charge in [-0.3, -0.25) is 9.59 Å². The summed E-state index contributed by atoms with van der Waals surface area (Å²) in [5.74, 6) is -1.67. The Morgan fingerprint density at radius 1 is 1.16 bits per heavy atom. The van der Waals surface area contributed by atoms with E-state index in [-0.39, 0.29) is 25.5 Å². The van der Waals surface area contributed by atoms with Crippen molar-refractivity contribution in [2.75, 3.05) is 5.32 Å². The zero-order valence-electron chi connectivity index (χ0n) is 17.1. The van der Waals surface area contributed by atoms with Gasteiger partial charge in [0.15, 0.2) is 0 Å². The zero-order chi connectivity index (χ0) is 22.2. The van der Waals surface area contributed by atoms with Gasteiger partial charge in [0, 0.05) is 12.2 Å². The molecule has 0 aliphatic carbocycles. The van der Waals surface area contributed by atoms with E-state index in [0.717, 1.165) is 5.56 Å². The Morgan fingerprint density at radius 3 is 2.71 bits per heavy atom. The van der Waals surface area contributed by atoms with E-state index in [1.807, 2.05) is 30.3 Å². The second-order valence-corrected chi connectivity index (χ2v) is 7.22. The van der Waals surface area contributed by atoms with Crippen molar-refractivity contribution >= 4 is 23.6 Å². The first kappa shape index (κ1) is 22.0. The SMILES string of the molecule is C[C@@H]1/C=C/C[C@H](NC(=O)OCc2ccccc2)C(=O)NCc2cc(F)ccc2NC1=O. The number of alkyl carbamates (subject to hydrolysis) is 1. The van der Waals surface area contributed by atoms with Gasteiger partial charge >= 0.3 is 6.09 Å². The number of nitrogens with one attached hydrogen (secondary N) is 3. The van der Waals surface area contributed by atoms with Crippen LogP contribution in [0.5, 0.6) is 0 Å². The third-order valence-corrected chi connectivity index (χ3v) is 4.81. The summed E-state index contributed by atoms with van der Waals surface area (Å²) in [6, 6.07) is 12.2. The molecule has 0 aromatic heterocycles. The Morgan fingerprint density at radius 2 is 1.94 bits per heavy atom. The first-order valence-electron chi connectivity index (χ1n) is 9.93. The largest absolute Gasteiger partial charge is 0.445 e. The van der Waals surface area contributed by atoms with Crippen molar-refractivity contribution in [2.24, 2.45) is 5.92 Å². The zero-order valence-corrected chi connectivity index (χ0v) is 17.1. The summed E-state index contributed by atoms with van der Waals surface area (Å²) in [7, 11) is 0. The van der Waals surface area contributed by atoms with Gasteiger partial charge in [-0.05, 0) is 35.7 Å². The van der Waals surface area contributed by atoms with E-state index < -0.39 is 29.8 Å². The maximum absolute atomic E-state index is 13.7. The fourth-order valence-corrected chi connectivity index (χ4v) is 3.03. The minimum atomic E-state index is -0.911. The summed E-state index contributed by atoms with van der Waals surface area (Å²) in [6.07, 6.45) is 2.75. The summed E-state index contributed by atoms with van der Waals surface area (Å²) < 4.78 is 18.9. The van der Waals surface area contributed by atoms with Crippen molar-refractivity contribution in [1.29, 1.82) is 0 Å². The molecule has 2 atom stereocenters. The van der Waals surface area contributed by atoms with Crippen molar-refractivity contribution in [3.8, 4) is 0 Å². The number of carbonyl (C=O) groups excluding carboxylic acids is 3. The topological polar surface area (TPSA) is 96.5 Å². The van der Waals surface area contributed by atoms with Crippen molar-refractivity contribution in [3.05, 3.63) is 77.6 Å². The summed E-state index contributed by atoms with van der Waals surface area (Å²) >= 11 is 0. The number of fused-ring (bicyclic) bond motifs is 1. The van der Waals surface area contributed by atoms with Gasteiger partial charge < -0.3 is 20.7 Å². The lowest BCUT2D eigenvalue weighted by Crippen LogP contribution is -2.46. The normalized spacial score (nSPS) is 20.2. The standard InChI is InChI=1S/C23H24FN3O4/c1-15-6-5-9-20(27-23(30)31-14-16-7-3-2-4-8-16)22(29)25-13-17-12-18(24)10-11-19(17)26-21(15)28/h2-8,10-12,15,20H,9,13-14H2,1H3,(H,25,29)(H,26,28)(H,27,30)/b6-5+/t15-,20+/m1/s1. The molecule has 0 saturated carbocycles. The molecule has 0 radical (unpaired) electrons. The predicted molar refractivity (Wildman–Crippen MR) is 113 cm³/mol. The molecule has 0 fully saturated rings. The molecule has 8 heteroatoms. The van der Waals surface area contributed by atoms with Gasteiger partial charge in [0.05, 0.1) is 5.92 Å². The van der Waals surface area contributed by atoms with E-state index in [0.29, 0.717) is 11.3 Å². The van der Waals surface area contributed by atoms with Crippen LogP contribution in [0.1, 0.15) is 24.5 Å². The van der Waals surface area contributed by atoms with Crippen LogP contribution in [0.3, 0.4) is 0 Å². The van der Waals surface area contributed by atoms with Crippen LogP contribution >= 0.6 is 0 Å². The minimum Gasteiger partial charge on any atom is -0.445 e. The van der Waals surface area contributed by atoms with E-state index in [4.69, 9.17) is 4.74 Å². The molecule has 2 aromatic carbocycles. The Kier molecular flexibility index (Phi) is 7.37. The molecule has 3 amide bonds. The van der Waals surface area contributed by atoms with E-state index in [2.05, 4.69) is 16.0 Å². The average molecular weight is 425 g/mol. The molecule has 31 heavy (non-hydrogen) atoms. The van der Waals surface area contributed by atoms with Crippen LogP contribution in [0.4, 0.5) is 14.9 Å². The first-order valence-corrected chi connectivity index (χ1v) is 9.93. The van der Waals surface area contributed by atoms with Gasteiger partial charge in [-0.1, -0.05) is 49.4 Å². The Balaban J connectivity index is 1.71. The van der Waals surface area contributed by atoms with Crippen LogP contribution in [0.2, 0.25) is 0 Å². The van der Waals surface area contributed by atoms with Crippen molar-refractivity contribution in [1.82, 2.24) is 10.6 Å². The number of hydrogen-bond donors (Lipinski definition) is 3. The van der Waals surface area contributed by atoms with Crippen LogP contribution in [0.15, 0.2) is 60.7 Å². The lowest BCUT2D eigenvalue weighted by atomic mass is 10.1. The van der Waals surface area contributed by atoms with E-state index >= 15 is 0 Å². The third-order valence-electron chi connectivity index (χ3n) is 4.81. The summed E-state index contributed by atoms with van der Waals surface area (Å²) in [6.45, 7) is 1.76. The number of anilines is 1. The van der Waals surface area contributed by atoms with Crippen LogP contribution in [0.25, 0.3) is 0 Å². The van der Waals surface area contributed by atoms with Crippen molar-refractivity contribution in [2.45, 2.75) is 32.5 Å². The van der Waals surface area contributed by atoms with Crippen molar-refractivity contribution < 1.29 is 23.5 Å². The molecule has 162 valence electrons. The smallest absolute Gasteiger partial charge is 0.408 e. The molecule has 1 aliphatic rings. The molecule has 1 aliphatic heterocycles. The number of hydrogen-bond acceptors (Lipinski definition) is 4. The quantitative estimate of drug-likeness (QED) is 0.658. The lowest BCUT2D eigenvalue weighted by Gasteiger charge is -2.20. The first-order chi connectivity index (χ1) is 14.9. The van der Waals surface area contributed by atoms with Gasteiger partial charge in [0.1, 0.15) is 18.5 Å². The highest BCUT2D eigenvalue weighted by Crippen LogP contribution is 2.19. The van der Waals surface area contributed by atoms with Crippen LogP contribution < -0.4 is 16.0 Å². The van der Waals surface area contributed by atoms with Crippen LogP contribution in [-0.4, -0.2) is 23.9 Å². The molecule has 0 saturated heterocycles. The molecule has 1 heterocycles. The molecule has 3 N–H and O–H groups in total. The number of benzene rings is 2. The molecule has 2 aromatic rings. The Hall–Kier alpha value is -3.68. The number of rotatable bonds is 3. The van der Waals surface area contributed by atoms with E-state index in [1.165, 1.54) is 18.2 Å². The van der Waals surface area contributed by atoms with Gasteiger partial charge in [-0.2, -0.15) is 0 Å². The summed E-state index contributed by atoms with van der Waals surface area (Å²) in [4.78, 5) is 37.3. The number of amides is 3. The van der Waals surface area contributed by atoms with Crippen LogP contribution in [-0.2, 0) is 27.5 Å². The summed E-state index contributed by atoms with van der Waals surface area (Å²) in [5, 5.41) is 7.98. The Labute approximate surface area is 179 Å². The second kappa shape index (κ2) is 10.4. The highest BCUT2D eigenvalue weighted by molar-refractivity contribution is 5.94. The van der Waals surface area contributed by atoms with Gasteiger partial charge in [-0.15, -0.1) is 0 Å². The minimum absolute atomic E-state index is 0.0124. The molecular formula is C23H24FN3O4. The molecule has 0 unspecified atom stereocenters. The predicted octanol–water partition coefficient (Wildman–Crippen LogP) is 3.27.